The summed E-state index contributed by atoms with van der Waals surface area (Å²) in [7, 11) is 0. The van der Waals surface area contributed by atoms with Gasteiger partial charge in [0.2, 0.25) is 5.89 Å². The Hall–Kier alpha value is -2.30. The minimum Gasteiger partial charge on any atom is -0.487 e. The Bertz CT molecular complexity index is 812. The predicted octanol–water partition coefficient (Wildman–Crippen LogP) is 4.38. The largest absolute Gasteiger partial charge is 0.487 e. The molecular weight excluding hydrogens is 324 g/mol. The zero-order valence-corrected chi connectivity index (χ0v) is 14.2. The quantitative estimate of drug-likeness (QED) is 0.722. The van der Waals surface area contributed by atoms with Gasteiger partial charge in [-0.05, 0) is 55.8 Å². The van der Waals surface area contributed by atoms with E-state index in [9.17, 15) is 0 Å². The van der Waals surface area contributed by atoms with Crippen LogP contribution in [0.4, 0.5) is 0 Å². The summed E-state index contributed by atoms with van der Waals surface area (Å²) in [5, 5.41) is 0.682. The van der Waals surface area contributed by atoms with E-state index in [0.29, 0.717) is 24.1 Å². The number of aryl methyl sites for hydroxylation is 1. The van der Waals surface area contributed by atoms with Gasteiger partial charge in [-0.15, -0.1) is 0 Å². The molecular formula is C19H19ClN2O2. The number of halogens is 1. The lowest BCUT2D eigenvalue weighted by Crippen LogP contribution is -2.05. The number of aromatic nitrogens is 1. The molecule has 0 saturated carbocycles. The number of ether oxygens (including phenoxy) is 1. The molecule has 0 fully saturated rings. The van der Waals surface area contributed by atoms with Gasteiger partial charge in [0, 0.05) is 10.6 Å². The number of para-hydroxylation sites is 1. The molecule has 24 heavy (non-hydrogen) atoms. The number of hydrogen-bond acceptors (Lipinski definition) is 4. The van der Waals surface area contributed by atoms with Crippen molar-refractivity contribution in [1.82, 2.24) is 4.98 Å². The van der Waals surface area contributed by atoms with Crippen molar-refractivity contribution in [3.8, 4) is 17.2 Å². The van der Waals surface area contributed by atoms with Crippen LogP contribution in [-0.4, -0.2) is 11.5 Å². The highest BCUT2D eigenvalue weighted by atomic mass is 35.5. The van der Waals surface area contributed by atoms with E-state index in [2.05, 4.69) is 4.98 Å². The molecule has 0 amide bonds. The molecule has 0 unspecified atom stereocenters. The standard InChI is InChI=1S/C19H19ClN2O2/c1-13-17(12-23-18-5-3-2-4-14(18)10-11-21)22-19(24-13)15-6-8-16(20)9-7-15/h2-9H,10-12,21H2,1H3. The summed E-state index contributed by atoms with van der Waals surface area (Å²) in [4.78, 5) is 4.54. The van der Waals surface area contributed by atoms with Gasteiger partial charge in [0.25, 0.3) is 0 Å². The zero-order chi connectivity index (χ0) is 16.9. The van der Waals surface area contributed by atoms with E-state index in [4.69, 9.17) is 26.5 Å². The summed E-state index contributed by atoms with van der Waals surface area (Å²) in [5.74, 6) is 2.15. The molecule has 1 heterocycles. The average Bonchev–Trinajstić information content (AvgIpc) is 2.96. The Labute approximate surface area is 146 Å². The van der Waals surface area contributed by atoms with Crippen LogP contribution in [-0.2, 0) is 13.0 Å². The molecule has 2 N–H and O–H groups in total. The SMILES string of the molecule is Cc1oc(-c2ccc(Cl)cc2)nc1COc1ccccc1CCN. The molecule has 0 spiro atoms. The topological polar surface area (TPSA) is 61.3 Å². The maximum Gasteiger partial charge on any atom is 0.226 e. The van der Waals surface area contributed by atoms with Crippen LogP contribution in [0.5, 0.6) is 5.75 Å². The van der Waals surface area contributed by atoms with Crippen LogP contribution in [0.25, 0.3) is 11.5 Å². The first-order valence-corrected chi connectivity index (χ1v) is 8.18. The lowest BCUT2D eigenvalue weighted by atomic mass is 10.1. The van der Waals surface area contributed by atoms with Crippen molar-refractivity contribution in [3.63, 3.8) is 0 Å². The van der Waals surface area contributed by atoms with Gasteiger partial charge in [-0.2, -0.15) is 0 Å². The molecule has 0 saturated heterocycles. The molecule has 0 aliphatic carbocycles. The van der Waals surface area contributed by atoms with Crippen LogP contribution in [0.1, 0.15) is 17.0 Å². The highest BCUT2D eigenvalue weighted by molar-refractivity contribution is 6.30. The third kappa shape index (κ3) is 3.78. The molecule has 0 atom stereocenters. The fourth-order valence-corrected chi connectivity index (χ4v) is 2.56. The third-order valence-corrected chi connectivity index (χ3v) is 3.99. The Morgan fingerprint density at radius 1 is 1.12 bits per heavy atom. The third-order valence-electron chi connectivity index (χ3n) is 3.73. The fraction of sp³-hybridized carbons (Fsp3) is 0.211. The molecule has 3 rings (SSSR count). The summed E-state index contributed by atoms with van der Waals surface area (Å²) in [5.41, 5.74) is 8.41. The lowest BCUT2D eigenvalue weighted by Gasteiger charge is -2.09. The second-order valence-corrected chi connectivity index (χ2v) is 5.90. The highest BCUT2D eigenvalue weighted by Gasteiger charge is 2.13. The first-order valence-electron chi connectivity index (χ1n) is 7.80. The molecule has 0 radical (unpaired) electrons. The van der Waals surface area contributed by atoms with E-state index in [0.717, 1.165) is 34.8 Å². The van der Waals surface area contributed by atoms with Gasteiger partial charge >= 0.3 is 0 Å². The predicted molar refractivity (Wildman–Crippen MR) is 95.2 cm³/mol. The van der Waals surface area contributed by atoms with Gasteiger partial charge in [-0.25, -0.2) is 4.98 Å². The van der Waals surface area contributed by atoms with E-state index in [1.165, 1.54) is 0 Å². The van der Waals surface area contributed by atoms with Gasteiger partial charge < -0.3 is 14.9 Å². The van der Waals surface area contributed by atoms with Crippen LogP contribution in [0.3, 0.4) is 0 Å². The highest BCUT2D eigenvalue weighted by Crippen LogP contribution is 2.25. The van der Waals surface area contributed by atoms with Crippen molar-refractivity contribution < 1.29 is 9.15 Å². The summed E-state index contributed by atoms with van der Waals surface area (Å²) in [6.07, 6.45) is 0.782. The van der Waals surface area contributed by atoms with Crippen LogP contribution in [0.15, 0.2) is 52.9 Å². The number of hydrogen-bond donors (Lipinski definition) is 1. The molecule has 0 bridgehead atoms. The monoisotopic (exact) mass is 342 g/mol. The molecule has 2 aromatic carbocycles. The maximum atomic E-state index is 5.93. The van der Waals surface area contributed by atoms with Crippen molar-refractivity contribution in [2.24, 2.45) is 5.73 Å². The van der Waals surface area contributed by atoms with Crippen LogP contribution in [0, 0.1) is 6.92 Å². The van der Waals surface area contributed by atoms with Crippen molar-refractivity contribution in [3.05, 3.63) is 70.6 Å². The Morgan fingerprint density at radius 2 is 1.88 bits per heavy atom. The van der Waals surface area contributed by atoms with Crippen molar-refractivity contribution >= 4 is 11.6 Å². The number of benzene rings is 2. The van der Waals surface area contributed by atoms with E-state index in [-0.39, 0.29) is 0 Å². The zero-order valence-electron chi connectivity index (χ0n) is 13.5. The van der Waals surface area contributed by atoms with Crippen molar-refractivity contribution in [1.29, 1.82) is 0 Å². The normalized spacial score (nSPS) is 10.8. The Morgan fingerprint density at radius 3 is 2.62 bits per heavy atom. The van der Waals surface area contributed by atoms with Crippen LogP contribution >= 0.6 is 11.6 Å². The second kappa shape index (κ2) is 7.51. The molecule has 0 aliphatic rings. The number of oxazole rings is 1. The molecule has 3 aromatic rings. The number of nitrogens with two attached hydrogens (primary N) is 1. The van der Waals surface area contributed by atoms with Crippen LogP contribution in [0.2, 0.25) is 5.02 Å². The minimum absolute atomic E-state index is 0.352. The summed E-state index contributed by atoms with van der Waals surface area (Å²) < 4.78 is 11.7. The Balaban J connectivity index is 1.76. The van der Waals surface area contributed by atoms with Gasteiger partial charge in [-0.3, -0.25) is 0 Å². The fourth-order valence-electron chi connectivity index (χ4n) is 2.43. The minimum atomic E-state index is 0.352. The van der Waals surface area contributed by atoms with E-state index in [1.54, 1.807) is 0 Å². The molecule has 1 aromatic heterocycles. The summed E-state index contributed by atoms with van der Waals surface area (Å²) >= 11 is 5.91. The molecule has 0 aliphatic heterocycles. The first kappa shape index (κ1) is 16.6. The smallest absolute Gasteiger partial charge is 0.226 e. The van der Waals surface area contributed by atoms with Crippen molar-refractivity contribution in [2.45, 2.75) is 20.0 Å². The summed E-state index contributed by atoms with van der Waals surface area (Å²) in [6.45, 7) is 2.82. The molecule has 5 heteroatoms. The van der Waals surface area contributed by atoms with E-state index >= 15 is 0 Å². The molecule has 124 valence electrons. The van der Waals surface area contributed by atoms with Crippen molar-refractivity contribution in [2.75, 3.05) is 6.54 Å². The second-order valence-electron chi connectivity index (χ2n) is 5.46. The van der Waals surface area contributed by atoms with Crippen LogP contribution < -0.4 is 10.5 Å². The van der Waals surface area contributed by atoms with Gasteiger partial charge in [0.05, 0.1) is 0 Å². The van der Waals surface area contributed by atoms with Gasteiger partial charge in [-0.1, -0.05) is 29.8 Å². The first-order chi connectivity index (χ1) is 11.7. The number of nitrogens with zero attached hydrogens (tertiary/aromatic N) is 1. The Kier molecular flexibility index (Phi) is 5.18. The number of rotatable bonds is 6. The van der Waals surface area contributed by atoms with E-state index in [1.807, 2.05) is 55.5 Å². The maximum absolute atomic E-state index is 5.93. The van der Waals surface area contributed by atoms with Gasteiger partial charge in [0.15, 0.2) is 0 Å². The van der Waals surface area contributed by atoms with Gasteiger partial charge in [0.1, 0.15) is 23.8 Å². The van der Waals surface area contributed by atoms with E-state index < -0.39 is 0 Å². The summed E-state index contributed by atoms with van der Waals surface area (Å²) in [6, 6.07) is 15.3. The lowest BCUT2D eigenvalue weighted by molar-refractivity contribution is 0.296. The average molecular weight is 343 g/mol. The molecule has 4 nitrogen and oxygen atoms in total.